The number of fused-ring (bicyclic) bond motifs is 5. The second-order valence-electron chi connectivity index (χ2n) is 16.4. The van der Waals surface area contributed by atoms with Gasteiger partial charge in [-0.1, -0.05) is 60.8 Å². The lowest BCUT2D eigenvalue weighted by atomic mass is 9.44. The minimum absolute atomic E-state index is 0.227. The Balaban J connectivity index is 1.47. The first-order valence-corrected chi connectivity index (χ1v) is 18.2. The number of nitrogens with zero attached hydrogens (tertiary/aromatic N) is 1. The number of rotatable bonds is 11. The van der Waals surface area contributed by atoms with E-state index in [4.69, 9.17) is 4.52 Å². The second kappa shape index (κ2) is 12.2. The summed E-state index contributed by atoms with van der Waals surface area (Å²) in [6, 6.07) is 0. The lowest BCUT2D eigenvalue weighted by Crippen LogP contribution is -2.57. The lowest BCUT2D eigenvalue weighted by molar-refractivity contribution is -0.870. The van der Waals surface area contributed by atoms with Gasteiger partial charge in [-0.25, -0.2) is 0 Å². The first-order valence-electron chi connectivity index (χ1n) is 16.8. The zero-order valence-electron chi connectivity index (χ0n) is 26.9. The van der Waals surface area contributed by atoms with E-state index in [2.05, 4.69) is 62.7 Å². The van der Waals surface area contributed by atoms with Gasteiger partial charge in [-0.05, 0) is 116 Å². The normalized spacial score (nSPS) is 41.7. The summed E-state index contributed by atoms with van der Waals surface area (Å²) < 4.78 is 20.9. The second-order valence-corrected chi connectivity index (χ2v) is 18.0. The van der Waals surface area contributed by atoms with Crippen molar-refractivity contribution in [3.63, 3.8) is 0 Å². The molecule has 4 aliphatic carbocycles. The molecule has 11 atom stereocenters. The Bertz CT molecular complexity index is 807. The number of quaternary nitrogens is 1. The Labute approximate surface area is 238 Å². The van der Waals surface area contributed by atoms with Crippen molar-refractivity contribution < 1.29 is 13.6 Å². The molecule has 4 heteroatoms. The van der Waals surface area contributed by atoms with Crippen LogP contribution in [0.4, 0.5) is 0 Å². The molecular weight excluding hydrogens is 485 g/mol. The molecule has 0 N–H and O–H groups in total. The van der Waals surface area contributed by atoms with Gasteiger partial charge in [-0.15, -0.1) is 0 Å². The highest BCUT2D eigenvalue weighted by atomic mass is 31.1. The monoisotopic (exact) mass is 550 g/mol. The maximum atomic E-state index is 13.8. The van der Waals surface area contributed by atoms with Crippen LogP contribution in [0.15, 0.2) is 0 Å². The van der Waals surface area contributed by atoms with Crippen LogP contribution >= 0.6 is 8.03 Å². The molecule has 4 rings (SSSR count). The van der Waals surface area contributed by atoms with E-state index in [0.29, 0.717) is 17.7 Å². The summed E-state index contributed by atoms with van der Waals surface area (Å²) in [4.78, 5) is 0. The number of hydrogen-bond acceptors (Lipinski definition) is 2. The molecule has 0 radical (unpaired) electrons. The van der Waals surface area contributed by atoms with E-state index >= 15 is 0 Å². The van der Waals surface area contributed by atoms with Crippen LogP contribution in [-0.2, 0) is 9.09 Å². The van der Waals surface area contributed by atoms with Crippen LogP contribution in [0.5, 0.6) is 0 Å². The highest BCUT2D eigenvalue weighted by Gasteiger charge is 2.62. The van der Waals surface area contributed by atoms with Crippen molar-refractivity contribution in [2.45, 2.75) is 124 Å². The first kappa shape index (κ1) is 31.1. The van der Waals surface area contributed by atoms with Crippen molar-refractivity contribution in [1.82, 2.24) is 0 Å². The zero-order valence-corrected chi connectivity index (χ0v) is 27.9. The highest BCUT2D eigenvalue weighted by Crippen LogP contribution is 2.70. The minimum Gasteiger partial charge on any atom is -0.329 e. The summed E-state index contributed by atoms with van der Waals surface area (Å²) in [5, 5.41) is 0. The van der Waals surface area contributed by atoms with Crippen LogP contribution in [0.25, 0.3) is 0 Å². The summed E-state index contributed by atoms with van der Waals surface area (Å²) in [7, 11) is 4.57. The van der Waals surface area contributed by atoms with Gasteiger partial charge in [0.1, 0.15) is 13.2 Å². The molecule has 0 spiro atoms. The molecule has 4 saturated carbocycles. The van der Waals surface area contributed by atoms with E-state index < -0.39 is 8.03 Å². The van der Waals surface area contributed by atoms with Crippen molar-refractivity contribution in [2.75, 3.05) is 34.3 Å². The topological polar surface area (TPSA) is 26.3 Å². The smallest absolute Gasteiger partial charge is 0.195 e. The van der Waals surface area contributed by atoms with Crippen LogP contribution in [0.1, 0.15) is 119 Å². The summed E-state index contributed by atoms with van der Waals surface area (Å²) in [6.07, 6.45) is 16.4. The van der Waals surface area contributed by atoms with Crippen molar-refractivity contribution >= 4 is 8.03 Å². The highest BCUT2D eigenvalue weighted by molar-refractivity contribution is 7.40. The fourth-order valence-electron chi connectivity index (χ4n) is 10.9. The molecule has 4 fully saturated rings. The molecule has 4 aliphatic rings. The van der Waals surface area contributed by atoms with E-state index in [9.17, 15) is 4.57 Å². The average Bonchev–Trinajstić information content (AvgIpc) is 3.19. The summed E-state index contributed by atoms with van der Waals surface area (Å²) in [5.74, 6) is 6.75. The minimum atomic E-state index is -2.03. The standard InChI is InChI=1S/C34H65NO2P/c1-10-26(24(2)3)15-14-25(4)29-18-19-30-28-17-16-27-12-11-13-32(38(36)37-23-22-35(7,8)9)34(27,6)31(28)20-21-33(29,30)5/h24-32,38H,10-23H2,1-9H3/q+1/t25-,26-,27?,28+,29-,30+,31+,32?,33-,34+/m1/s1. The van der Waals surface area contributed by atoms with Crippen molar-refractivity contribution in [2.24, 2.45) is 58.2 Å². The fourth-order valence-corrected chi connectivity index (χ4v) is 12.8. The maximum absolute atomic E-state index is 13.8. The Morgan fingerprint density at radius 1 is 0.921 bits per heavy atom. The zero-order chi connectivity index (χ0) is 27.9. The van der Waals surface area contributed by atoms with Gasteiger partial charge >= 0.3 is 0 Å². The third kappa shape index (κ3) is 6.02. The summed E-state index contributed by atoms with van der Waals surface area (Å²) in [6.45, 7) is 16.7. The average molecular weight is 551 g/mol. The van der Waals surface area contributed by atoms with Crippen LogP contribution in [0, 0.1) is 58.2 Å². The molecule has 0 bridgehead atoms. The van der Waals surface area contributed by atoms with Crippen molar-refractivity contribution in [3.05, 3.63) is 0 Å². The van der Waals surface area contributed by atoms with Gasteiger partial charge < -0.3 is 9.01 Å². The molecule has 0 saturated heterocycles. The van der Waals surface area contributed by atoms with Gasteiger partial charge in [-0.3, -0.25) is 4.57 Å². The van der Waals surface area contributed by atoms with Gasteiger partial charge in [0.05, 0.1) is 21.1 Å². The van der Waals surface area contributed by atoms with Crippen molar-refractivity contribution in [3.8, 4) is 0 Å². The molecule has 0 amide bonds. The van der Waals surface area contributed by atoms with E-state index in [-0.39, 0.29) is 5.41 Å². The van der Waals surface area contributed by atoms with Crippen LogP contribution < -0.4 is 0 Å². The van der Waals surface area contributed by atoms with Crippen LogP contribution in [-0.4, -0.2) is 44.4 Å². The molecule has 222 valence electrons. The summed E-state index contributed by atoms with van der Waals surface area (Å²) >= 11 is 0. The third-order valence-electron chi connectivity index (χ3n) is 13.3. The van der Waals surface area contributed by atoms with Gasteiger partial charge in [-0.2, -0.15) is 0 Å². The Hall–Kier alpha value is 0.150. The molecule has 0 aromatic rings. The van der Waals surface area contributed by atoms with E-state index in [0.717, 1.165) is 64.8 Å². The van der Waals surface area contributed by atoms with Gasteiger partial charge in [0.2, 0.25) is 0 Å². The fraction of sp³-hybridized carbons (Fsp3) is 1.00. The molecule has 0 aromatic carbocycles. The van der Waals surface area contributed by atoms with Gasteiger partial charge in [0, 0.05) is 5.66 Å². The molecule has 3 nitrogen and oxygen atoms in total. The van der Waals surface area contributed by atoms with Gasteiger partial charge in [0.25, 0.3) is 0 Å². The van der Waals surface area contributed by atoms with E-state index in [1.807, 2.05) is 0 Å². The quantitative estimate of drug-likeness (QED) is 0.189. The molecule has 0 heterocycles. The molecular formula is C34H65NO2P+. The SMILES string of the molecule is CC[C@H](CC[C@@H](C)[C@H]1CC[C@H]2[C@@H]3CCC4CCCC([PH](=O)OCC[N+](C)(C)C)[C@]4(C)[C@H]3CC[C@]12C)C(C)C. The summed E-state index contributed by atoms with van der Waals surface area (Å²) in [5.41, 5.74) is 1.05. The molecule has 0 aromatic heterocycles. The molecule has 3 unspecified atom stereocenters. The van der Waals surface area contributed by atoms with E-state index in [1.165, 1.54) is 70.6 Å². The number of likely N-dealkylation sites (N-methyl/N-ethyl adjacent to an activating group) is 1. The van der Waals surface area contributed by atoms with Crippen LogP contribution in [0.3, 0.4) is 0 Å². The molecule has 0 aliphatic heterocycles. The van der Waals surface area contributed by atoms with Gasteiger partial charge in [0.15, 0.2) is 8.03 Å². The number of hydrogen-bond donors (Lipinski definition) is 0. The Morgan fingerprint density at radius 2 is 1.66 bits per heavy atom. The lowest BCUT2D eigenvalue weighted by Gasteiger charge is -2.62. The molecule has 38 heavy (non-hydrogen) atoms. The van der Waals surface area contributed by atoms with E-state index in [1.54, 1.807) is 0 Å². The first-order chi connectivity index (χ1) is 17.8. The predicted octanol–water partition coefficient (Wildman–Crippen LogP) is 9.31. The largest absolute Gasteiger partial charge is 0.329 e. The Kier molecular flexibility index (Phi) is 9.96. The third-order valence-corrected chi connectivity index (χ3v) is 15.2. The van der Waals surface area contributed by atoms with Crippen LogP contribution in [0.2, 0.25) is 0 Å². The van der Waals surface area contributed by atoms with Crippen molar-refractivity contribution in [1.29, 1.82) is 0 Å². The predicted molar refractivity (Wildman–Crippen MR) is 164 cm³/mol. The Morgan fingerprint density at radius 3 is 2.32 bits per heavy atom. The maximum Gasteiger partial charge on any atom is 0.195 e.